The van der Waals surface area contributed by atoms with Gasteiger partial charge in [-0.1, -0.05) is 78.9 Å². The second-order valence-corrected chi connectivity index (χ2v) is 8.69. The second-order valence-electron chi connectivity index (χ2n) is 8.69. The van der Waals surface area contributed by atoms with Crippen molar-refractivity contribution in [3.05, 3.63) is 120 Å². The van der Waals surface area contributed by atoms with Gasteiger partial charge in [0.2, 0.25) is 0 Å². The minimum absolute atomic E-state index is 0.276. The van der Waals surface area contributed by atoms with Crippen LogP contribution in [0.3, 0.4) is 0 Å². The van der Waals surface area contributed by atoms with Crippen molar-refractivity contribution in [2.75, 3.05) is 7.11 Å². The summed E-state index contributed by atoms with van der Waals surface area (Å²) in [7, 11) is 1.32. The van der Waals surface area contributed by atoms with Gasteiger partial charge >= 0.3 is 5.97 Å². The molecule has 37 heavy (non-hydrogen) atoms. The summed E-state index contributed by atoms with van der Waals surface area (Å²) in [5, 5.41) is 4.35. The fourth-order valence-electron chi connectivity index (χ4n) is 4.35. The van der Waals surface area contributed by atoms with Crippen LogP contribution in [0.4, 0.5) is 0 Å². The minimum Gasteiger partial charge on any atom is -0.489 e. The number of amides is 1. The Morgan fingerprint density at radius 1 is 0.757 bits per heavy atom. The molecule has 0 fully saturated rings. The molecule has 6 heteroatoms. The Balaban J connectivity index is 1.36. The summed E-state index contributed by atoms with van der Waals surface area (Å²) in [6, 6.07) is 31.5. The number of carbonyl (C=O) groups excluding carboxylic acids is 2. The van der Waals surface area contributed by atoms with Crippen LogP contribution in [0.25, 0.3) is 21.8 Å². The topological polar surface area (TPSA) is 77.5 Å². The summed E-state index contributed by atoms with van der Waals surface area (Å²) in [5.41, 5.74) is 3.86. The van der Waals surface area contributed by atoms with Crippen molar-refractivity contribution in [2.24, 2.45) is 0 Å². The summed E-state index contributed by atoms with van der Waals surface area (Å²) in [6.45, 7) is 0.467. The number of ether oxygens (including phenoxy) is 2. The highest BCUT2D eigenvalue weighted by Gasteiger charge is 2.25. The van der Waals surface area contributed by atoms with E-state index in [-0.39, 0.29) is 12.3 Å². The third-order valence-electron chi connectivity index (χ3n) is 6.22. The zero-order valence-electron chi connectivity index (χ0n) is 20.4. The Morgan fingerprint density at radius 3 is 1.97 bits per heavy atom. The molecule has 1 N–H and O–H groups in total. The maximum atomic E-state index is 13.6. The Hall–Kier alpha value is -4.71. The standard InChI is InChI=1S/C31H26N2O4/c1-36-31(35)28(19-21-15-17-23(18-16-21)37-20-22-9-3-2-4-10-22)33-30(34)29-24-11-5-7-13-26(24)32-27-14-8-6-12-25(27)29/h2-18,28H,19-20H2,1H3,(H,33,34)/t28-/m1/s1. The molecule has 0 bridgehead atoms. The van der Waals surface area contributed by atoms with Crippen LogP contribution in [0, 0.1) is 0 Å². The molecule has 0 aliphatic rings. The van der Waals surface area contributed by atoms with Gasteiger partial charge in [-0.25, -0.2) is 9.78 Å². The van der Waals surface area contributed by atoms with Crippen molar-refractivity contribution in [1.29, 1.82) is 0 Å². The van der Waals surface area contributed by atoms with Gasteiger partial charge in [-0.05, 0) is 35.4 Å². The lowest BCUT2D eigenvalue weighted by molar-refractivity contribution is -0.142. The maximum absolute atomic E-state index is 13.6. The maximum Gasteiger partial charge on any atom is 0.328 e. The van der Waals surface area contributed by atoms with Gasteiger partial charge in [0.1, 0.15) is 18.4 Å². The molecule has 1 aromatic heterocycles. The molecule has 5 aromatic rings. The number of esters is 1. The number of aromatic nitrogens is 1. The molecule has 184 valence electrons. The average Bonchev–Trinajstić information content (AvgIpc) is 2.95. The summed E-state index contributed by atoms with van der Waals surface area (Å²) in [4.78, 5) is 30.9. The molecule has 0 radical (unpaired) electrons. The molecule has 0 spiro atoms. The predicted molar refractivity (Wildman–Crippen MR) is 143 cm³/mol. The van der Waals surface area contributed by atoms with E-state index in [4.69, 9.17) is 9.47 Å². The molecule has 0 unspecified atom stereocenters. The monoisotopic (exact) mass is 490 g/mol. The lowest BCUT2D eigenvalue weighted by Crippen LogP contribution is -2.43. The number of pyridine rings is 1. The average molecular weight is 491 g/mol. The van der Waals surface area contributed by atoms with E-state index in [1.165, 1.54) is 7.11 Å². The Labute approximate surface area is 214 Å². The molecule has 0 saturated carbocycles. The lowest BCUT2D eigenvalue weighted by atomic mass is 10.0. The quantitative estimate of drug-likeness (QED) is 0.230. The summed E-state index contributed by atoms with van der Waals surface area (Å²) in [6.07, 6.45) is 0.276. The van der Waals surface area contributed by atoms with Gasteiger partial charge in [0.25, 0.3) is 5.91 Å². The third-order valence-corrected chi connectivity index (χ3v) is 6.22. The smallest absolute Gasteiger partial charge is 0.328 e. The van der Waals surface area contributed by atoms with Crippen molar-refractivity contribution < 1.29 is 19.1 Å². The first-order valence-corrected chi connectivity index (χ1v) is 12.0. The first-order valence-electron chi connectivity index (χ1n) is 12.0. The van der Waals surface area contributed by atoms with Crippen LogP contribution in [0.2, 0.25) is 0 Å². The van der Waals surface area contributed by atoms with Gasteiger partial charge in [-0.15, -0.1) is 0 Å². The van der Waals surface area contributed by atoms with Crippen LogP contribution in [-0.4, -0.2) is 30.0 Å². The summed E-state index contributed by atoms with van der Waals surface area (Å²) >= 11 is 0. The number of hydrogen-bond acceptors (Lipinski definition) is 5. The zero-order chi connectivity index (χ0) is 25.6. The molecule has 0 saturated heterocycles. The molecule has 1 amide bonds. The van der Waals surface area contributed by atoms with Crippen molar-refractivity contribution in [3.63, 3.8) is 0 Å². The van der Waals surface area contributed by atoms with Gasteiger partial charge in [0.15, 0.2) is 0 Å². The second kappa shape index (κ2) is 10.9. The van der Waals surface area contributed by atoms with Crippen LogP contribution in [0.5, 0.6) is 5.75 Å². The van der Waals surface area contributed by atoms with Gasteiger partial charge in [0, 0.05) is 17.2 Å². The Morgan fingerprint density at radius 2 is 1.35 bits per heavy atom. The third kappa shape index (κ3) is 5.43. The molecular weight excluding hydrogens is 464 g/mol. The van der Waals surface area contributed by atoms with Gasteiger partial charge in [0.05, 0.1) is 23.7 Å². The fourth-order valence-corrected chi connectivity index (χ4v) is 4.35. The molecular formula is C31H26N2O4. The molecule has 0 aliphatic heterocycles. The number of fused-ring (bicyclic) bond motifs is 2. The SMILES string of the molecule is COC(=O)[C@@H](Cc1ccc(OCc2ccccc2)cc1)NC(=O)c1c2ccccc2nc2ccccc12. The van der Waals surface area contributed by atoms with Gasteiger partial charge in [-0.2, -0.15) is 0 Å². The van der Waals surface area contributed by atoms with Crippen molar-refractivity contribution in [2.45, 2.75) is 19.1 Å². The zero-order valence-corrected chi connectivity index (χ0v) is 20.4. The molecule has 5 rings (SSSR count). The predicted octanol–water partition coefficient (Wildman–Crippen LogP) is 5.48. The van der Waals surface area contributed by atoms with E-state index in [2.05, 4.69) is 10.3 Å². The molecule has 4 aromatic carbocycles. The number of rotatable bonds is 8. The lowest BCUT2D eigenvalue weighted by Gasteiger charge is -2.18. The van der Waals surface area contributed by atoms with Crippen LogP contribution in [0.15, 0.2) is 103 Å². The molecule has 1 heterocycles. The first-order chi connectivity index (χ1) is 18.1. The van der Waals surface area contributed by atoms with Gasteiger partial charge < -0.3 is 14.8 Å². The number of benzene rings is 4. The molecule has 0 aliphatic carbocycles. The van der Waals surface area contributed by atoms with Crippen molar-refractivity contribution >= 4 is 33.7 Å². The minimum atomic E-state index is -0.862. The van der Waals surface area contributed by atoms with E-state index in [0.29, 0.717) is 23.2 Å². The normalized spacial score (nSPS) is 11.7. The van der Waals surface area contributed by atoms with E-state index in [0.717, 1.165) is 27.6 Å². The highest BCUT2D eigenvalue weighted by molar-refractivity contribution is 6.16. The number of hydrogen-bond donors (Lipinski definition) is 1. The van der Waals surface area contributed by atoms with E-state index in [1.54, 1.807) is 0 Å². The van der Waals surface area contributed by atoms with Gasteiger partial charge in [-0.3, -0.25) is 4.79 Å². The number of nitrogens with one attached hydrogen (secondary N) is 1. The Bertz CT molecular complexity index is 1490. The first kappa shape index (κ1) is 24.0. The van der Waals surface area contributed by atoms with E-state index < -0.39 is 12.0 Å². The number of carbonyl (C=O) groups is 2. The number of nitrogens with zero attached hydrogens (tertiary/aromatic N) is 1. The van der Waals surface area contributed by atoms with Crippen LogP contribution in [-0.2, 0) is 22.6 Å². The fraction of sp³-hybridized carbons (Fsp3) is 0.129. The highest BCUT2D eigenvalue weighted by atomic mass is 16.5. The van der Waals surface area contributed by atoms with Crippen LogP contribution < -0.4 is 10.1 Å². The largest absolute Gasteiger partial charge is 0.489 e. The van der Waals surface area contributed by atoms with E-state index >= 15 is 0 Å². The summed E-state index contributed by atoms with van der Waals surface area (Å²) in [5.74, 6) is -0.144. The van der Waals surface area contributed by atoms with Crippen LogP contribution >= 0.6 is 0 Å². The van der Waals surface area contributed by atoms with E-state index in [1.807, 2.05) is 103 Å². The van der Waals surface area contributed by atoms with Crippen molar-refractivity contribution in [3.8, 4) is 5.75 Å². The Kier molecular flexibility index (Phi) is 7.08. The molecule has 6 nitrogen and oxygen atoms in total. The van der Waals surface area contributed by atoms with Crippen LogP contribution in [0.1, 0.15) is 21.5 Å². The number of para-hydroxylation sites is 2. The summed E-state index contributed by atoms with van der Waals surface area (Å²) < 4.78 is 10.9. The highest BCUT2D eigenvalue weighted by Crippen LogP contribution is 2.26. The molecule has 1 atom stereocenters. The number of methoxy groups -OCH3 is 1. The van der Waals surface area contributed by atoms with Crippen molar-refractivity contribution in [1.82, 2.24) is 10.3 Å². The van der Waals surface area contributed by atoms with E-state index in [9.17, 15) is 9.59 Å².